The first-order valence-corrected chi connectivity index (χ1v) is 7.39. The maximum absolute atomic E-state index is 12.4. The van der Waals surface area contributed by atoms with Gasteiger partial charge >= 0.3 is 0 Å². The van der Waals surface area contributed by atoms with Crippen molar-refractivity contribution < 1.29 is 14.6 Å². The van der Waals surface area contributed by atoms with E-state index in [0.717, 1.165) is 25.7 Å². The van der Waals surface area contributed by atoms with Gasteiger partial charge in [-0.1, -0.05) is 6.92 Å². The monoisotopic (exact) mass is 292 g/mol. The van der Waals surface area contributed by atoms with Crippen molar-refractivity contribution in [1.82, 2.24) is 5.32 Å². The van der Waals surface area contributed by atoms with Crippen LogP contribution in [0.3, 0.4) is 0 Å². The van der Waals surface area contributed by atoms with Crippen LogP contribution in [-0.2, 0) is 0 Å². The lowest BCUT2D eigenvalue weighted by atomic mass is 9.77. The molecule has 0 radical (unpaired) electrons. The normalized spacial score (nSPS) is 25.4. The molecule has 0 heterocycles. The molecular formula is C16H24N2O3. The Labute approximate surface area is 125 Å². The summed E-state index contributed by atoms with van der Waals surface area (Å²) in [7, 11) is 1.47. The molecule has 116 valence electrons. The predicted molar refractivity (Wildman–Crippen MR) is 81.5 cm³/mol. The number of nitrogens with one attached hydrogen (secondary N) is 1. The van der Waals surface area contributed by atoms with Crippen molar-refractivity contribution in [3.8, 4) is 11.5 Å². The molecule has 1 aliphatic rings. The second-order valence-corrected chi connectivity index (χ2v) is 6.01. The Morgan fingerprint density at radius 3 is 2.67 bits per heavy atom. The molecule has 5 heteroatoms. The fourth-order valence-corrected chi connectivity index (χ4v) is 2.84. The molecule has 0 atom stereocenters. The zero-order valence-corrected chi connectivity index (χ0v) is 12.7. The standard InChI is InChI=1S/C16H24N2O3/c1-11-5-7-16(10-17,8-6-11)18-15(20)12-3-4-14(21-2)13(19)9-12/h3-4,9,11,19H,5-8,10,17H2,1-2H3,(H,18,20). The van der Waals surface area contributed by atoms with E-state index < -0.39 is 0 Å². The third kappa shape index (κ3) is 3.47. The third-order valence-corrected chi connectivity index (χ3v) is 4.44. The van der Waals surface area contributed by atoms with Crippen LogP contribution in [0.1, 0.15) is 43.0 Å². The summed E-state index contributed by atoms with van der Waals surface area (Å²) < 4.78 is 4.98. The first kappa shape index (κ1) is 15.6. The first-order valence-electron chi connectivity index (χ1n) is 7.39. The third-order valence-electron chi connectivity index (χ3n) is 4.44. The number of aromatic hydroxyl groups is 1. The number of ether oxygens (including phenoxy) is 1. The zero-order chi connectivity index (χ0) is 15.5. The van der Waals surface area contributed by atoms with E-state index in [2.05, 4.69) is 12.2 Å². The van der Waals surface area contributed by atoms with Crippen molar-refractivity contribution in [2.24, 2.45) is 11.7 Å². The number of phenolic OH excluding ortho intramolecular Hbond substituents is 1. The highest BCUT2D eigenvalue weighted by atomic mass is 16.5. The van der Waals surface area contributed by atoms with Gasteiger partial charge in [-0.05, 0) is 49.8 Å². The summed E-state index contributed by atoms with van der Waals surface area (Å²) in [6, 6.07) is 4.65. The Kier molecular flexibility index (Phi) is 4.73. The highest BCUT2D eigenvalue weighted by Crippen LogP contribution is 2.32. The molecule has 1 saturated carbocycles. The molecule has 0 bridgehead atoms. The van der Waals surface area contributed by atoms with E-state index >= 15 is 0 Å². The van der Waals surface area contributed by atoms with Crippen LogP contribution in [0.2, 0.25) is 0 Å². The lowest BCUT2D eigenvalue weighted by Crippen LogP contribution is -2.55. The molecule has 1 amide bonds. The molecule has 4 N–H and O–H groups in total. The van der Waals surface area contributed by atoms with Gasteiger partial charge < -0.3 is 20.9 Å². The first-order chi connectivity index (χ1) is 9.99. The van der Waals surface area contributed by atoms with E-state index in [9.17, 15) is 9.90 Å². The molecule has 0 unspecified atom stereocenters. The molecule has 0 saturated heterocycles. The van der Waals surface area contributed by atoms with E-state index in [4.69, 9.17) is 10.5 Å². The Bertz CT molecular complexity index is 508. The minimum Gasteiger partial charge on any atom is -0.504 e. The van der Waals surface area contributed by atoms with E-state index in [-0.39, 0.29) is 17.2 Å². The summed E-state index contributed by atoms with van der Waals surface area (Å²) in [6.45, 7) is 2.66. The van der Waals surface area contributed by atoms with Gasteiger partial charge in [0, 0.05) is 12.1 Å². The Morgan fingerprint density at radius 1 is 1.48 bits per heavy atom. The van der Waals surface area contributed by atoms with Gasteiger partial charge in [-0.3, -0.25) is 4.79 Å². The van der Waals surface area contributed by atoms with Crippen LogP contribution < -0.4 is 15.8 Å². The second kappa shape index (κ2) is 6.35. The lowest BCUT2D eigenvalue weighted by molar-refractivity contribution is 0.0859. The number of rotatable bonds is 4. The largest absolute Gasteiger partial charge is 0.504 e. The van der Waals surface area contributed by atoms with Crippen LogP contribution in [0.15, 0.2) is 18.2 Å². The van der Waals surface area contributed by atoms with Gasteiger partial charge in [0.25, 0.3) is 5.91 Å². The van der Waals surface area contributed by atoms with Crippen LogP contribution in [0.25, 0.3) is 0 Å². The Morgan fingerprint density at radius 2 is 2.14 bits per heavy atom. The van der Waals surface area contributed by atoms with Crippen molar-refractivity contribution in [2.45, 2.75) is 38.1 Å². The molecule has 21 heavy (non-hydrogen) atoms. The van der Waals surface area contributed by atoms with Crippen molar-refractivity contribution in [3.63, 3.8) is 0 Å². The van der Waals surface area contributed by atoms with E-state index in [1.54, 1.807) is 12.1 Å². The summed E-state index contributed by atoms with van der Waals surface area (Å²) in [5, 5.41) is 12.8. The van der Waals surface area contributed by atoms with Gasteiger partial charge in [-0.15, -0.1) is 0 Å². The van der Waals surface area contributed by atoms with Crippen LogP contribution in [-0.4, -0.2) is 30.2 Å². The summed E-state index contributed by atoms with van der Waals surface area (Å²) in [5.41, 5.74) is 6.00. The second-order valence-electron chi connectivity index (χ2n) is 6.01. The molecule has 0 spiro atoms. The van der Waals surface area contributed by atoms with Crippen LogP contribution in [0, 0.1) is 5.92 Å². The summed E-state index contributed by atoms with van der Waals surface area (Å²) in [6.07, 6.45) is 3.95. The van der Waals surface area contributed by atoms with Crippen LogP contribution in [0.5, 0.6) is 11.5 Å². The smallest absolute Gasteiger partial charge is 0.251 e. The highest BCUT2D eigenvalue weighted by molar-refractivity contribution is 5.95. The van der Waals surface area contributed by atoms with Gasteiger partial charge in [0.15, 0.2) is 11.5 Å². The summed E-state index contributed by atoms with van der Waals surface area (Å²) in [4.78, 5) is 12.4. The number of benzene rings is 1. The SMILES string of the molecule is COc1ccc(C(=O)NC2(CN)CCC(C)CC2)cc1O. The molecule has 1 aromatic rings. The molecule has 5 nitrogen and oxygen atoms in total. The van der Waals surface area contributed by atoms with Crippen molar-refractivity contribution in [1.29, 1.82) is 0 Å². The van der Waals surface area contributed by atoms with Crippen LogP contribution in [0.4, 0.5) is 0 Å². The fourth-order valence-electron chi connectivity index (χ4n) is 2.84. The maximum Gasteiger partial charge on any atom is 0.251 e. The number of amides is 1. The number of nitrogens with two attached hydrogens (primary N) is 1. The van der Waals surface area contributed by atoms with E-state index in [1.807, 2.05) is 0 Å². The van der Waals surface area contributed by atoms with Gasteiger partial charge in [0.05, 0.1) is 12.6 Å². The quantitative estimate of drug-likeness (QED) is 0.793. The number of carbonyl (C=O) groups excluding carboxylic acids is 1. The zero-order valence-electron chi connectivity index (χ0n) is 12.7. The number of hydrogen-bond donors (Lipinski definition) is 3. The van der Waals surface area contributed by atoms with E-state index in [1.165, 1.54) is 13.2 Å². The van der Waals surface area contributed by atoms with Gasteiger partial charge in [0.2, 0.25) is 0 Å². The average Bonchev–Trinajstić information content (AvgIpc) is 2.49. The molecule has 1 aliphatic carbocycles. The Balaban J connectivity index is 2.11. The molecule has 2 rings (SSSR count). The number of hydrogen-bond acceptors (Lipinski definition) is 4. The number of methoxy groups -OCH3 is 1. The molecule has 1 fully saturated rings. The highest BCUT2D eigenvalue weighted by Gasteiger charge is 2.34. The minimum absolute atomic E-state index is 0.0378. The predicted octanol–water partition coefficient (Wildman–Crippen LogP) is 2.04. The number of phenols is 1. The maximum atomic E-state index is 12.4. The van der Waals surface area contributed by atoms with Crippen molar-refractivity contribution in [3.05, 3.63) is 23.8 Å². The van der Waals surface area contributed by atoms with Gasteiger partial charge in [-0.2, -0.15) is 0 Å². The number of carbonyl (C=O) groups is 1. The fraction of sp³-hybridized carbons (Fsp3) is 0.562. The van der Waals surface area contributed by atoms with Gasteiger partial charge in [0.1, 0.15) is 0 Å². The lowest BCUT2D eigenvalue weighted by Gasteiger charge is -2.39. The Hall–Kier alpha value is -1.75. The summed E-state index contributed by atoms with van der Waals surface area (Å²) >= 11 is 0. The molecule has 1 aromatic carbocycles. The van der Waals surface area contributed by atoms with E-state index in [0.29, 0.717) is 23.8 Å². The molecule has 0 aliphatic heterocycles. The minimum atomic E-state index is -0.320. The summed E-state index contributed by atoms with van der Waals surface area (Å²) in [5.74, 6) is 0.801. The van der Waals surface area contributed by atoms with Crippen molar-refractivity contribution >= 4 is 5.91 Å². The van der Waals surface area contributed by atoms with Gasteiger partial charge in [-0.25, -0.2) is 0 Å². The average molecular weight is 292 g/mol. The van der Waals surface area contributed by atoms with Crippen LogP contribution >= 0.6 is 0 Å². The molecule has 0 aromatic heterocycles. The molecular weight excluding hydrogens is 268 g/mol. The topological polar surface area (TPSA) is 84.6 Å². The van der Waals surface area contributed by atoms with Crippen molar-refractivity contribution in [2.75, 3.05) is 13.7 Å².